The summed E-state index contributed by atoms with van der Waals surface area (Å²) in [7, 11) is 1.90. The van der Waals surface area contributed by atoms with Crippen LogP contribution < -0.4 is 10.6 Å². The molecule has 0 saturated carbocycles. The van der Waals surface area contributed by atoms with Gasteiger partial charge < -0.3 is 10.6 Å². The third-order valence-electron chi connectivity index (χ3n) is 2.97. The van der Waals surface area contributed by atoms with E-state index < -0.39 is 0 Å². The van der Waals surface area contributed by atoms with E-state index >= 15 is 0 Å². The predicted octanol–water partition coefficient (Wildman–Crippen LogP) is 4.36. The van der Waals surface area contributed by atoms with Gasteiger partial charge >= 0.3 is 0 Å². The van der Waals surface area contributed by atoms with Crippen LogP contribution >= 0.6 is 23.2 Å². The summed E-state index contributed by atoms with van der Waals surface area (Å²) in [6, 6.07) is 7.80. The van der Waals surface area contributed by atoms with E-state index in [9.17, 15) is 0 Å². The van der Waals surface area contributed by atoms with Crippen molar-refractivity contribution in [1.82, 2.24) is 4.98 Å². The first-order valence-corrected chi connectivity index (χ1v) is 6.58. The molecule has 1 aromatic carbocycles. The van der Waals surface area contributed by atoms with Crippen molar-refractivity contribution in [1.29, 1.82) is 0 Å². The Kier molecular flexibility index (Phi) is 3.88. The van der Waals surface area contributed by atoms with Crippen molar-refractivity contribution in [2.45, 2.75) is 13.8 Å². The van der Waals surface area contributed by atoms with Crippen molar-refractivity contribution >= 4 is 40.5 Å². The molecule has 19 heavy (non-hydrogen) atoms. The highest BCUT2D eigenvalue weighted by Crippen LogP contribution is 2.34. The number of anilines is 3. The lowest BCUT2D eigenvalue weighted by Gasteiger charge is -2.22. The van der Waals surface area contributed by atoms with Crippen LogP contribution in [0.2, 0.25) is 10.0 Å². The van der Waals surface area contributed by atoms with Gasteiger partial charge in [0.15, 0.2) is 5.82 Å². The van der Waals surface area contributed by atoms with Gasteiger partial charge in [0.05, 0.1) is 10.0 Å². The zero-order valence-electron chi connectivity index (χ0n) is 11.0. The van der Waals surface area contributed by atoms with E-state index in [1.165, 1.54) is 5.56 Å². The SMILES string of the molecule is Cc1ccc(N(C)c2nc(N)c(Cl)cc2Cl)c(C)c1. The third kappa shape index (κ3) is 2.77. The fourth-order valence-corrected chi connectivity index (χ4v) is 2.49. The van der Waals surface area contributed by atoms with Crippen LogP contribution in [0.5, 0.6) is 0 Å². The summed E-state index contributed by atoms with van der Waals surface area (Å²) in [5, 5.41) is 0.837. The maximum atomic E-state index is 6.19. The highest BCUT2D eigenvalue weighted by Gasteiger charge is 2.14. The highest BCUT2D eigenvalue weighted by molar-refractivity contribution is 6.37. The Morgan fingerprint density at radius 1 is 1.11 bits per heavy atom. The van der Waals surface area contributed by atoms with E-state index in [1.807, 2.05) is 31.0 Å². The van der Waals surface area contributed by atoms with Crippen molar-refractivity contribution in [2.75, 3.05) is 17.7 Å². The Hall–Kier alpha value is -1.45. The van der Waals surface area contributed by atoms with Crippen LogP contribution in [-0.4, -0.2) is 12.0 Å². The lowest BCUT2D eigenvalue weighted by molar-refractivity contribution is 1.12. The molecule has 1 aromatic heterocycles. The largest absolute Gasteiger partial charge is 0.382 e. The standard InChI is InChI=1S/C14H15Cl2N3/c1-8-4-5-12(9(2)6-8)19(3)14-11(16)7-10(15)13(17)18-14/h4-7H,1-3H3,(H2,17,18). The van der Waals surface area contributed by atoms with Crippen molar-refractivity contribution in [3.63, 3.8) is 0 Å². The second-order valence-electron chi connectivity index (χ2n) is 4.51. The van der Waals surface area contributed by atoms with Gasteiger partial charge in [-0.3, -0.25) is 0 Å². The predicted molar refractivity (Wildman–Crippen MR) is 82.6 cm³/mol. The van der Waals surface area contributed by atoms with Gasteiger partial charge in [-0.25, -0.2) is 4.98 Å². The number of aromatic nitrogens is 1. The fraction of sp³-hybridized carbons (Fsp3) is 0.214. The number of nitrogens with two attached hydrogens (primary N) is 1. The minimum absolute atomic E-state index is 0.276. The maximum absolute atomic E-state index is 6.19. The van der Waals surface area contributed by atoms with Crippen LogP contribution in [0.4, 0.5) is 17.3 Å². The van der Waals surface area contributed by atoms with Gasteiger partial charge in [-0.05, 0) is 31.5 Å². The monoisotopic (exact) mass is 295 g/mol. The molecular formula is C14H15Cl2N3. The average Bonchev–Trinajstić information content (AvgIpc) is 2.33. The molecule has 2 N–H and O–H groups in total. The molecule has 100 valence electrons. The molecule has 2 aromatic rings. The van der Waals surface area contributed by atoms with Gasteiger partial charge in [0.1, 0.15) is 5.82 Å². The molecule has 0 aliphatic rings. The summed E-state index contributed by atoms with van der Waals surface area (Å²) >= 11 is 12.1. The maximum Gasteiger partial charge on any atom is 0.154 e. The highest BCUT2D eigenvalue weighted by atomic mass is 35.5. The number of hydrogen-bond acceptors (Lipinski definition) is 3. The first-order valence-electron chi connectivity index (χ1n) is 5.82. The molecule has 2 rings (SSSR count). The molecule has 0 amide bonds. The van der Waals surface area contributed by atoms with E-state index in [0.717, 1.165) is 11.3 Å². The van der Waals surface area contributed by atoms with Crippen molar-refractivity contribution in [3.05, 3.63) is 45.4 Å². The number of pyridine rings is 1. The van der Waals surface area contributed by atoms with Crippen LogP contribution in [0, 0.1) is 13.8 Å². The molecule has 5 heteroatoms. The summed E-state index contributed by atoms with van der Waals surface area (Å²) in [6.45, 7) is 4.11. The molecule has 0 radical (unpaired) electrons. The van der Waals surface area contributed by atoms with Crippen molar-refractivity contribution in [2.24, 2.45) is 0 Å². The average molecular weight is 296 g/mol. The fourth-order valence-electron chi connectivity index (χ4n) is 2.00. The number of rotatable bonds is 2. The molecule has 0 atom stereocenters. The van der Waals surface area contributed by atoms with Crippen molar-refractivity contribution in [3.8, 4) is 0 Å². The zero-order valence-corrected chi connectivity index (χ0v) is 12.5. The van der Waals surface area contributed by atoms with E-state index in [1.54, 1.807) is 6.07 Å². The van der Waals surface area contributed by atoms with E-state index in [4.69, 9.17) is 28.9 Å². The molecule has 0 saturated heterocycles. The number of halogens is 2. The summed E-state index contributed by atoms with van der Waals surface area (Å²) in [4.78, 5) is 6.16. The van der Waals surface area contributed by atoms with E-state index in [2.05, 4.69) is 18.0 Å². The van der Waals surface area contributed by atoms with E-state index in [0.29, 0.717) is 15.9 Å². The number of aryl methyl sites for hydroxylation is 2. The molecule has 0 fully saturated rings. The third-order valence-corrected chi connectivity index (χ3v) is 3.55. The molecule has 0 spiro atoms. The molecule has 1 heterocycles. The lowest BCUT2D eigenvalue weighted by Crippen LogP contribution is -2.14. The summed E-state index contributed by atoms with van der Waals surface area (Å²) in [5.41, 5.74) is 9.13. The molecule has 3 nitrogen and oxygen atoms in total. The number of nitrogens with zero attached hydrogens (tertiary/aromatic N) is 2. The zero-order chi connectivity index (χ0) is 14.2. The number of benzene rings is 1. The quantitative estimate of drug-likeness (QED) is 0.895. The number of nitrogen functional groups attached to an aromatic ring is 1. The normalized spacial score (nSPS) is 10.6. The van der Waals surface area contributed by atoms with Gasteiger partial charge in [-0.1, -0.05) is 40.9 Å². The Morgan fingerprint density at radius 3 is 2.42 bits per heavy atom. The van der Waals surface area contributed by atoms with E-state index in [-0.39, 0.29) is 5.82 Å². The molecular weight excluding hydrogens is 281 g/mol. The Morgan fingerprint density at radius 2 is 1.79 bits per heavy atom. The second kappa shape index (κ2) is 5.27. The molecule has 0 bridgehead atoms. The first kappa shape index (κ1) is 14.0. The number of hydrogen-bond donors (Lipinski definition) is 1. The van der Waals surface area contributed by atoms with Gasteiger partial charge in [0.25, 0.3) is 0 Å². The summed E-state index contributed by atoms with van der Waals surface area (Å²) in [5.74, 6) is 0.869. The second-order valence-corrected chi connectivity index (χ2v) is 5.32. The summed E-state index contributed by atoms with van der Waals surface area (Å²) < 4.78 is 0. The summed E-state index contributed by atoms with van der Waals surface area (Å²) in [6.07, 6.45) is 0. The minimum Gasteiger partial charge on any atom is -0.382 e. The van der Waals surface area contributed by atoms with Gasteiger partial charge in [-0.15, -0.1) is 0 Å². The Labute approximate surface area is 123 Å². The Balaban J connectivity index is 2.49. The van der Waals surface area contributed by atoms with Crippen LogP contribution in [0.3, 0.4) is 0 Å². The van der Waals surface area contributed by atoms with Gasteiger partial charge in [0, 0.05) is 12.7 Å². The van der Waals surface area contributed by atoms with Crippen LogP contribution in [-0.2, 0) is 0 Å². The van der Waals surface area contributed by atoms with Crippen LogP contribution in [0.25, 0.3) is 0 Å². The van der Waals surface area contributed by atoms with Gasteiger partial charge in [-0.2, -0.15) is 0 Å². The lowest BCUT2D eigenvalue weighted by atomic mass is 10.1. The smallest absolute Gasteiger partial charge is 0.154 e. The van der Waals surface area contributed by atoms with Gasteiger partial charge in [0.2, 0.25) is 0 Å². The topological polar surface area (TPSA) is 42.2 Å². The molecule has 0 aliphatic heterocycles. The Bertz CT molecular complexity index is 626. The van der Waals surface area contributed by atoms with Crippen LogP contribution in [0.1, 0.15) is 11.1 Å². The van der Waals surface area contributed by atoms with Crippen molar-refractivity contribution < 1.29 is 0 Å². The molecule has 0 unspecified atom stereocenters. The van der Waals surface area contributed by atoms with Crippen LogP contribution in [0.15, 0.2) is 24.3 Å². The molecule has 0 aliphatic carbocycles. The minimum atomic E-state index is 0.276. The first-order chi connectivity index (χ1) is 8.90.